The summed E-state index contributed by atoms with van der Waals surface area (Å²) in [7, 11) is 1.55. The Kier molecular flexibility index (Phi) is 49.2. The highest BCUT2D eigenvalue weighted by molar-refractivity contribution is 6.45. The lowest BCUT2D eigenvalue weighted by Gasteiger charge is -2.32. The predicted octanol–water partition coefficient (Wildman–Crippen LogP) is 12.5. The van der Waals surface area contributed by atoms with Gasteiger partial charge in [0.1, 0.15) is 13.2 Å². The van der Waals surface area contributed by atoms with E-state index in [9.17, 15) is 79.0 Å². The summed E-state index contributed by atoms with van der Waals surface area (Å²) in [6.07, 6.45) is -36.4. The van der Waals surface area contributed by atoms with E-state index < -0.39 is 76.7 Å². The van der Waals surface area contributed by atoms with Gasteiger partial charge >= 0.3 is 94.0 Å². The molecule has 0 radical (unpaired) electrons. The highest BCUT2D eigenvalue weighted by atomic mass is 19.4. The van der Waals surface area contributed by atoms with Crippen molar-refractivity contribution in [2.45, 2.75) is 221 Å². The van der Waals surface area contributed by atoms with Gasteiger partial charge < -0.3 is 83.9 Å². The van der Waals surface area contributed by atoms with Gasteiger partial charge in [-0.2, -0.15) is 79.0 Å². The second kappa shape index (κ2) is 46.7. The molecule has 2 unspecified atom stereocenters. The number of fused-ring (bicyclic) bond motifs is 1. The van der Waals surface area contributed by atoms with Gasteiger partial charge in [-0.05, 0) is 123 Å². The fourth-order valence-electron chi connectivity index (χ4n) is 6.62. The highest BCUT2D eigenvalue weighted by Crippen LogP contribution is 2.40. The molecule has 0 amide bonds. The molecule has 0 aromatic carbocycles. The third-order valence-corrected chi connectivity index (χ3v) is 11.2. The van der Waals surface area contributed by atoms with Crippen LogP contribution in [0, 0.1) is 0 Å². The van der Waals surface area contributed by atoms with Crippen molar-refractivity contribution >= 4 is 56.9 Å². The molecule has 532 valence electrons. The zero-order valence-electron chi connectivity index (χ0n) is 54.7. The van der Waals surface area contributed by atoms with Crippen LogP contribution in [0.4, 0.5) is 79.0 Å². The molecule has 44 heteroatoms. The summed E-state index contributed by atoms with van der Waals surface area (Å²) in [6, 6.07) is 0. The Bertz CT molecular complexity index is 1600. The Morgan fingerprint density at radius 2 is 0.722 bits per heavy atom. The fourth-order valence-corrected chi connectivity index (χ4v) is 6.62. The van der Waals surface area contributed by atoms with Crippen molar-refractivity contribution in [1.29, 1.82) is 0 Å². The maximum atomic E-state index is 12.0. The number of halogens is 18. The average molecular weight is 1360 g/mol. The molecule has 4 fully saturated rings. The maximum Gasteiger partial charge on any atom is 0.454 e. The third kappa shape index (κ3) is 52.8. The zero-order valence-corrected chi connectivity index (χ0v) is 54.7. The minimum atomic E-state index is -6.11. The molecule has 0 aromatic heterocycles. The van der Waals surface area contributed by atoms with Gasteiger partial charge in [0.2, 0.25) is 12.2 Å². The lowest BCUT2D eigenvalue weighted by Crippen LogP contribution is -2.51. The number of hydrogen-bond acceptors (Lipinski definition) is 18. The molecule has 0 N–H and O–H groups in total. The van der Waals surface area contributed by atoms with Crippen LogP contribution in [-0.4, -0.2) is 223 Å². The van der Waals surface area contributed by atoms with Crippen molar-refractivity contribution in [1.82, 2.24) is 0 Å². The van der Waals surface area contributed by atoms with E-state index in [1.807, 2.05) is 68.6 Å². The first-order chi connectivity index (χ1) is 40.7. The van der Waals surface area contributed by atoms with Crippen molar-refractivity contribution in [3.05, 3.63) is 0 Å². The zero-order chi connectivity index (χ0) is 71.3. The van der Waals surface area contributed by atoms with Gasteiger partial charge in [-0.1, -0.05) is 12.8 Å². The molecule has 2 atom stereocenters. The second-order valence-electron chi connectivity index (χ2n) is 20.8. The van der Waals surface area contributed by atoms with Crippen LogP contribution >= 0.6 is 0 Å². The van der Waals surface area contributed by atoms with Gasteiger partial charge in [0, 0.05) is 40.6 Å². The quantitative estimate of drug-likeness (QED) is 0.0570. The summed E-state index contributed by atoms with van der Waals surface area (Å²) in [4.78, 5) is 0. The highest BCUT2D eigenvalue weighted by Gasteiger charge is 2.62. The van der Waals surface area contributed by atoms with Crippen LogP contribution in [0.2, 0.25) is 54.6 Å². The molecule has 1 saturated carbocycles. The van der Waals surface area contributed by atoms with E-state index in [4.69, 9.17) is 56.0 Å². The molecular weight excluding hydrogens is 1270 g/mol. The van der Waals surface area contributed by atoms with Crippen LogP contribution in [0.25, 0.3) is 0 Å². The fraction of sp³-hybridized carbons (Fsp3) is 1.00. The van der Waals surface area contributed by atoms with Gasteiger partial charge in [0.15, 0.2) is 0 Å². The molecule has 4 aliphatic rings. The minimum Gasteiger partial charge on any atom is -0.414 e. The van der Waals surface area contributed by atoms with Gasteiger partial charge in [0.05, 0.1) is 63.1 Å². The monoisotopic (exact) mass is 1360 g/mol. The first kappa shape index (κ1) is 94.9. The second-order valence-corrected chi connectivity index (χ2v) is 20.8. The number of methoxy groups -OCH3 is 2. The third-order valence-electron chi connectivity index (χ3n) is 11.2. The van der Waals surface area contributed by atoms with E-state index in [1.165, 1.54) is 25.7 Å². The molecule has 0 bridgehead atoms. The van der Waals surface area contributed by atoms with Crippen LogP contribution in [0.5, 0.6) is 0 Å². The Labute approximate surface area is 520 Å². The van der Waals surface area contributed by atoms with Crippen LogP contribution in [0.1, 0.15) is 81.1 Å². The normalized spacial score (nSPS) is 18.0. The Balaban J connectivity index is -0.000000485. The summed E-state index contributed by atoms with van der Waals surface area (Å²) < 4.78 is 300. The van der Waals surface area contributed by atoms with Crippen molar-refractivity contribution in [2.24, 2.45) is 0 Å². The average Bonchev–Trinajstić information content (AvgIpc) is 2.29. The lowest BCUT2D eigenvalue weighted by molar-refractivity contribution is -0.317. The Hall–Kier alpha value is -1.46. The van der Waals surface area contributed by atoms with Gasteiger partial charge in [-0.3, -0.25) is 0 Å². The van der Waals surface area contributed by atoms with Crippen molar-refractivity contribution in [3.8, 4) is 0 Å². The first-order valence-corrected chi connectivity index (χ1v) is 28.1. The smallest absolute Gasteiger partial charge is 0.414 e. The maximum absolute atomic E-state index is 12.0. The lowest BCUT2D eigenvalue weighted by atomic mass is 9.90. The molecule has 3 heterocycles. The molecule has 1 aliphatic carbocycles. The molecule has 3 aliphatic heterocycles. The van der Waals surface area contributed by atoms with Crippen molar-refractivity contribution < 1.29 is 163 Å². The van der Waals surface area contributed by atoms with E-state index in [-0.39, 0.29) is 72.9 Å². The van der Waals surface area contributed by atoms with E-state index in [1.54, 1.807) is 28.4 Å². The van der Waals surface area contributed by atoms with Crippen LogP contribution in [0.3, 0.4) is 0 Å². The standard InChI is InChI=1S/C7H5BF12O2.C7H17BO4.C7H13BO2.C7H15BO2.C7H17BO2.C5H7BF6O2.C3H7BO2.C3H9BO2/c1-8(21-2(4(9,10)11)5(12,13)14)22-3(6(15,16)17)7(18,19)20;1-8(11-6-4-9-2)12-7-5-10-3;1-8-9-6-4-2-3-5-7(6)10-8;1-6(2)7(3,4)10-8(5)9-6;1-6(2)9-8(5)10-7(3)4;1-6(13-2-4(7,8)9)14-3-5(10,11)12;1-4-5-2-3-6-4;1-4(5-2)6-3/h2-3H,1H3;4-7H2,1-3H3;6-7H,2-5H2,1H3;1-5H3;6-7H,1-5H3;2-3H2,1H3;2-3H2,1H3;1-3H3. The molecule has 3 saturated heterocycles. The Morgan fingerprint density at radius 3 is 0.933 bits per heavy atom. The predicted molar refractivity (Wildman–Crippen MR) is 303 cm³/mol. The van der Waals surface area contributed by atoms with E-state index in [0.29, 0.717) is 38.6 Å². The first-order valence-electron chi connectivity index (χ1n) is 28.1. The summed E-state index contributed by atoms with van der Waals surface area (Å²) in [5, 5.41) is 0. The van der Waals surface area contributed by atoms with E-state index in [2.05, 4.69) is 55.6 Å². The van der Waals surface area contributed by atoms with Gasteiger partial charge in [0.25, 0.3) is 0 Å². The molecular formula is C46H90B8F18O18. The largest absolute Gasteiger partial charge is 0.454 e. The van der Waals surface area contributed by atoms with E-state index in [0.717, 1.165) is 20.0 Å². The van der Waals surface area contributed by atoms with Crippen LogP contribution in [0.15, 0.2) is 0 Å². The number of hydrogen-bond donors (Lipinski definition) is 0. The minimum absolute atomic E-state index is 0.0367. The summed E-state index contributed by atoms with van der Waals surface area (Å²) in [6.45, 7) is 29.2. The summed E-state index contributed by atoms with van der Waals surface area (Å²) >= 11 is 0. The molecule has 90 heavy (non-hydrogen) atoms. The number of alkyl halides is 18. The topological polar surface area (TPSA) is 166 Å². The molecule has 18 nitrogen and oxygen atoms in total. The van der Waals surface area contributed by atoms with Gasteiger partial charge in [-0.25, -0.2) is 0 Å². The van der Waals surface area contributed by atoms with Crippen molar-refractivity contribution in [2.75, 3.05) is 81.3 Å². The van der Waals surface area contributed by atoms with Gasteiger partial charge in [-0.15, -0.1) is 0 Å². The summed E-state index contributed by atoms with van der Waals surface area (Å²) in [5.41, 5.74) is -0.321. The van der Waals surface area contributed by atoms with E-state index >= 15 is 0 Å². The molecule has 0 spiro atoms. The number of ether oxygens (including phenoxy) is 2. The number of rotatable bonds is 22. The van der Waals surface area contributed by atoms with Crippen molar-refractivity contribution in [3.63, 3.8) is 0 Å². The molecule has 4 rings (SSSR count). The van der Waals surface area contributed by atoms with Crippen LogP contribution < -0.4 is 0 Å². The van der Waals surface area contributed by atoms with Crippen LogP contribution in [-0.2, 0) is 83.9 Å². The molecule has 0 aromatic rings. The Morgan fingerprint density at radius 1 is 0.422 bits per heavy atom. The summed E-state index contributed by atoms with van der Waals surface area (Å²) in [5.74, 6) is 0. The SMILES string of the molecule is CB(OC(C(F)(F)F)C(F)(F)F)OC(C(F)(F)F)C(F)(F)F.CB(OC(C)C)OC(C)C.CB(OCC(F)(F)F)OCC(F)(F)F.CB1OC(C)(C)C(C)(C)O1.CB1OC2CCCCC2O1.CB1OCCO1.COB(C)OC.COCCOB(C)OCCOC.